The monoisotopic (exact) mass is 863 g/mol. The first-order valence-electron chi connectivity index (χ1n) is 22.1. The van der Waals surface area contributed by atoms with Crippen LogP contribution in [0.3, 0.4) is 0 Å². The molecule has 0 amide bonds. The number of fused-ring (bicyclic) bond motifs is 5. The normalized spacial score (nSPS) is 22.4. The molecule has 5 atom stereocenters. The van der Waals surface area contributed by atoms with Crippen LogP contribution >= 0.6 is 0 Å². The molecule has 4 aliphatic heterocycles. The third-order valence-electron chi connectivity index (χ3n) is 13.0. The minimum Gasteiger partial charge on any atom is -0.457 e. The van der Waals surface area contributed by atoms with E-state index < -0.39 is 42.0 Å². The number of aromatic nitrogens is 4. The summed E-state index contributed by atoms with van der Waals surface area (Å²) in [6, 6.07) is 52.7. The molecular formula is C53H45N5O7. The first-order chi connectivity index (χ1) is 32.1. The minimum atomic E-state index is -1.22. The summed E-state index contributed by atoms with van der Waals surface area (Å²) in [5.41, 5.74) is 10.2. The molecule has 12 heteroatoms. The van der Waals surface area contributed by atoms with Crippen molar-refractivity contribution in [3.63, 3.8) is 0 Å². The number of rotatable bonds is 10. The van der Waals surface area contributed by atoms with E-state index in [-0.39, 0.29) is 12.4 Å². The second kappa shape index (κ2) is 16.3. The van der Waals surface area contributed by atoms with E-state index in [2.05, 4.69) is 58.5 Å². The predicted octanol–water partition coefficient (Wildman–Crippen LogP) is 9.82. The van der Waals surface area contributed by atoms with Gasteiger partial charge in [-0.1, -0.05) is 133 Å². The Morgan fingerprint density at radius 3 is 1.71 bits per heavy atom. The molecule has 4 aliphatic rings. The van der Waals surface area contributed by atoms with Crippen molar-refractivity contribution in [3.05, 3.63) is 204 Å². The first-order valence-corrected chi connectivity index (χ1v) is 22.1. The Morgan fingerprint density at radius 2 is 1.14 bits per heavy atom. The number of para-hydroxylation sites is 4. The zero-order chi connectivity index (χ0) is 43.4. The first kappa shape index (κ1) is 39.6. The highest BCUT2D eigenvalue weighted by molar-refractivity contribution is 5.81. The third-order valence-corrected chi connectivity index (χ3v) is 13.0. The fourth-order valence-electron chi connectivity index (χ4n) is 10.1. The van der Waals surface area contributed by atoms with Gasteiger partial charge in [0.2, 0.25) is 0 Å². The molecule has 12 rings (SSSR count). The lowest BCUT2D eigenvalue weighted by Crippen LogP contribution is -2.49. The highest BCUT2D eigenvalue weighted by atomic mass is 16.7. The molecule has 6 aromatic carbocycles. The summed E-state index contributed by atoms with van der Waals surface area (Å²) in [4.78, 5) is 13.6. The zero-order valence-corrected chi connectivity index (χ0v) is 35.3. The number of hydrogen-bond donors (Lipinski definition) is 1. The van der Waals surface area contributed by atoms with Gasteiger partial charge in [-0.2, -0.15) is 0 Å². The summed E-state index contributed by atoms with van der Waals surface area (Å²) >= 11 is 0. The SMILES string of the molecule is Nc1ncnc2c1ncn2[C@@H]1O[C@H](COC2(c3ccccc3)c3ccccc3Oc3ccccc32)[C@@H](OC2(c3ccccc3)c3ccccc3Oc3ccccc32)[C@H]1OC1CCCCO1. The van der Waals surface area contributed by atoms with Crippen molar-refractivity contribution in [1.29, 1.82) is 0 Å². The van der Waals surface area contributed by atoms with Crippen LogP contribution in [0.1, 0.15) is 58.9 Å². The van der Waals surface area contributed by atoms with Crippen LogP contribution in [0.2, 0.25) is 0 Å². The van der Waals surface area contributed by atoms with Crippen molar-refractivity contribution in [3.8, 4) is 23.0 Å². The van der Waals surface area contributed by atoms with Crippen molar-refractivity contribution < 1.29 is 33.2 Å². The number of nitrogen functional groups attached to an aromatic ring is 1. The van der Waals surface area contributed by atoms with E-state index >= 15 is 0 Å². The Labute approximate surface area is 375 Å². The molecule has 0 saturated carbocycles. The van der Waals surface area contributed by atoms with E-state index in [0.29, 0.717) is 47.2 Å². The van der Waals surface area contributed by atoms with E-state index in [1.807, 2.05) is 114 Å². The van der Waals surface area contributed by atoms with Gasteiger partial charge in [0.05, 0.1) is 12.9 Å². The van der Waals surface area contributed by atoms with Gasteiger partial charge in [-0.05, 0) is 54.7 Å². The molecule has 12 nitrogen and oxygen atoms in total. The maximum absolute atomic E-state index is 8.05. The van der Waals surface area contributed by atoms with E-state index in [9.17, 15) is 0 Å². The van der Waals surface area contributed by atoms with Gasteiger partial charge >= 0.3 is 0 Å². The number of benzene rings is 6. The molecule has 2 saturated heterocycles. The summed E-state index contributed by atoms with van der Waals surface area (Å²) in [6.45, 7) is 0.615. The van der Waals surface area contributed by atoms with E-state index in [4.69, 9.17) is 43.9 Å². The highest BCUT2D eigenvalue weighted by Gasteiger charge is 2.56. The molecule has 0 bridgehead atoms. The molecule has 8 aromatic rings. The number of nitrogens with zero attached hydrogens (tertiary/aromatic N) is 4. The van der Waals surface area contributed by atoms with Gasteiger partial charge in [0.1, 0.15) is 53.2 Å². The maximum Gasteiger partial charge on any atom is 0.167 e. The van der Waals surface area contributed by atoms with Crippen LogP contribution in [0.25, 0.3) is 11.2 Å². The fraction of sp³-hybridized carbons (Fsp3) is 0.226. The average Bonchev–Trinajstić information content (AvgIpc) is 3.95. The summed E-state index contributed by atoms with van der Waals surface area (Å²) in [5, 5.41) is 0. The molecule has 2 fully saturated rings. The Balaban J connectivity index is 1.07. The smallest absolute Gasteiger partial charge is 0.167 e. The largest absolute Gasteiger partial charge is 0.457 e. The van der Waals surface area contributed by atoms with Crippen molar-refractivity contribution in [1.82, 2.24) is 19.5 Å². The molecular weight excluding hydrogens is 819 g/mol. The zero-order valence-electron chi connectivity index (χ0n) is 35.3. The highest BCUT2D eigenvalue weighted by Crippen LogP contribution is 2.56. The summed E-state index contributed by atoms with van der Waals surface area (Å²) in [7, 11) is 0. The van der Waals surface area contributed by atoms with Crippen molar-refractivity contribution >= 4 is 17.0 Å². The third kappa shape index (κ3) is 6.51. The van der Waals surface area contributed by atoms with Crippen LogP contribution < -0.4 is 15.2 Å². The van der Waals surface area contributed by atoms with Gasteiger partial charge in [0.25, 0.3) is 0 Å². The lowest BCUT2D eigenvalue weighted by Gasteiger charge is -2.44. The topological polar surface area (TPSA) is 134 Å². The van der Waals surface area contributed by atoms with Crippen molar-refractivity contribution in [2.24, 2.45) is 0 Å². The molecule has 0 radical (unpaired) electrons. The average molecular weight is 864 g/mol. The minimum absolute atomic E-state index is 0.0402. The van der Waals surface area contributed by atoms with E-state index in [1.165, 1.54) is 6.33 Å². The van der Waals surface area contributed by atoms with Crippen LogP contribution in [-0.2, 0) is 34.9 Å². The molecule has 0 aliphatic carbocycles. The molecule has 65 heavy (non-hydrogen) atoms. The molecule has 324 valence electrons. The lowest BCUT2D eigenvalue weighted by molar-refractivity contribution is -0.226. The Hall–Kier alpha value is -6.93. The number of anilines is 1. The van der Waals surface area contributed by atoms with Gasteiger partial charge in [-0.3, -0.25) is 4.57 Å². The summed E-state index contributed by atoms with van der Waals surface area (Å²) in [6.07, 6.45) is 1.93. The number of ether oxygens (including phenoxy) is 7. The fourth-order valence-corrected chi connectivity index (χ4v) is 10.1. The second-order valence-corrected chi connectivity index (χ2v) is 16.7. The Morgan fingerprint density at radius 1 is 0.600 bits per heavy atom. The Kier molecular flexibility index (Phi) is 9.91. The van der Waals surface area contributed by atoms with Gasteiger partial charge in [0.15, 0.2) is 35.2 Å². The maximum atomic E-state index is 8.05. The van der Waals surface area contributed by atoms with Gasteiger partial charge in [-0.25, -0.2) is 15.0 Å². The number of hydrogen-bond acceptors (Lipinski definition) is 11. The van der Waals surface area contributed by atoms with Gasteiger partial charge in [0, 0.05) is 28.9 Å². The van der Waals surface area contributed by atoms with Crippen LogP contribution in [0.4, 0.5) is 5.82 Å². The molecule has 2 N–H and O–H groups in total. The number of imidazole rings is 1. The molecule has 0 spiro atoms. The van der Waals surface area contributed by atoms with Crippen LogP contribution in [0.5, 0.6) is 23.0 Å². The lowest BCUT2D eigenvalue weighted by atomic mass is 9.77. The van der Waals surface area contributed by atoms with Crippen molar-refractivity contribution in [2.75, 3.05) is 18.9 Å². The molecule has 2 aromatic heterocycles. The Bertz CT molecular complexity index is 2900. The van der Waals surface area contributed by atoms with E-state index in [1.54, 1.807) is 6.33 Å². The standard InChI is InChI=1S/C53H45N5O7/c54-49-46-50(56-32-55-49)58(33-57-46)51-48(64-45-29-15-16-30-59-45)47(65-53(35-19-5-2-6-20-35)38-23-9-13-27-42(38)62-43-28-14-10-24-39(43)53)44(63-51)31-60-52(34-17-3-1-4-18-34)36-21-7-11-25-40(36)61-41-26-12-8-22-37(41)52/h1-14,17-28,32-33,44-45,47-48,51H,15-16,29-31H2,(H2,54,55,56)/t44-,45?,47-,48-,51-/m1/s1. The van der Waals surface area contributed by atoms with Crippen LogP contribution in [0, 0.1) is 0 Å². The van der Waals surface area contributed by atoms with E-state index in [0.717, 1.165) is 46.2 Å². The predicted molar refractivity (Wildman–Crippen MR) is 241 cm³/mol. The van der Waals surface area contributed by atoms with Gasteiger partial charge < -0.3 is 38.9 Å². The molecule has 1 unspecified atom stereocenters. The van der Waals surface area contributed by atoms with Gasteiger partial charge in [-0.15, -0.1) is 0 Å². The number of nitrogens with two attached hydrogens (primary N) is 1. The van der Waals surface area contributed by atoms with Crippen LogP contribution in [0.15, 0.2) is 170 Å². The van der Waals surface area contributed by atoms with Crippen molar-refractivity contribution in [2.45, 2.75) is 61.3 Å². The second-order valence-electron chi connectivity index (χ2n) is 16.7. The quantitative estimate of drug-likeness (QED) is 0.141. The summed E-state index contributed by atoms with van der Waals surface area (Å²) in [5.74, 6) is 3.01. The molecule has 6 heterocycles. The van der Waals surface area contributed by atoms with Crippen LogP contribution in [-0.4, -0.2) is 57.3 Å². The summed E-state index contributed by atoms with van der Waals surface area (Å²) < 4.78 is 51.7.